The van der Waals surface area contributed by atoms with Crippen molar-refractivity contribution < 1.29 is 4.79 Å². The highest BCUT2D eigenvalue weighted by Gasteiger charge is 1.99. The quantitative estimate of drug-likeness (QED) is 0.755. The average molecular weight is 232 g/mol. The van der Waals surface area contributed by atoms with E-state index in [0.717, 1.165) is 13.0 Å². The van der Waals surface area contributed by atoms with Gasteiger partial charge in [-0.2, -0.15) is 0 Å². The van der Waals surface area contributed by atoms with Crippen LogP contribution in [-0.4, -0.2) is 31.4 Å². The first-order chi connectivity index (χ1) is 8.11. The van der Waals surface area contributed by atoms with E-state index in [-0.39, 0.29) is 5.91 Å². The molecule has 3 nitrogen and oxygen atoms in total. The molecule has 1 rings (SSSR count). The number of hydrogen-bond donors (Lipinski definition) is 1. The van der Waals surface area contributed by atoms with Gasteiger partial charge in [0.15, 0.2) is 0 Å². The van der Waals surface area contributed by atoms with Crippen molar-refractivity contribution >= 4 is 5.91 Å². The summed E-state index contributed by atoms with van der Waals surface area (Å²) >= 11 is 0. The van der Waals surface area contributed by atoms with Crippen molar-refractivity contribution in [1.29, 1.82) is 0 Å². The Balaban J connectivity index is 2.48. The van der Waals surface area contributed by atoms with Crippen molar-refractivity contribution in [1.82, 2.24) is 10.2 Å². The Morgan fingerprint density at radius 3 is 2.76 bits per heavy atom. The van der Waals surface area contributed by atoms with E-state index in [0.29, 0.717) is 6.54 Å². The lowest BCUT2D eigenvalue weighted by Gasteiger charge is -2.11. The Morgan fingerprint density at radius 2 is 2.12 bits per heavy atom. The Morgan fingerprint density at radius 1 is 1.41 bits per heavy atom. The fourth-order valence-electron chi connectivity index (χ4n) is 1.65. The molecule has 0 fully saturated rings. The van der Waals surface area contributed by atoms with Gasteiger partial charge in [-0.05, 0) is 37.7 Å². The number of carbonyl (C=O) groups is 1. The van der Waals surface area contributed by atoms with Gasteiger partial charge in [0.2, 0.25) is 5.91 Å². The number of nitrogens with zero attached hydrogens (tertiary/aromatic N) is 1. The Hall–Kier alpha value is -1.61. The fourth-order valence-corrected chi connectivity index (χ4v) is 1.65. The van der Waals surface area contributed by atoms with Gasteiger partial charge in [-0.3, -0.25) is 4.79 Å². The SMILES string of the molecule is C=CC(=O)NCCc1cccc(CN(C)C)c1. The number of carbonyl (C=O) groups excluding carboxylic acids is 1. The van der Waals surface area contributed by atoms with E-state index in [1.807, 2.05) is 0 Å². The van der Waals surface area contributed by atoms with Gasteiger partial charge in [-0.25, -0.2) is 0 Å². The molecule has 92 valence electrons. The lowest BCUT2D eigenvalue weighted by Crippen LogP contribution is -2.23. The smallest absolute Gasteiger partial charge is 0.243 e. The van der Waals surface area contributed by atoms with Gasteiger partial charge in [0.25, 0.3) is 0 Å². The molecule has 1 aromatic rings. The highest BCUT2D eigenvalue weighted by atomic mass is 16.1. The summed E-state index contributed by atoms with van der Waals surface area (Å²) in [4.78, 5) is 13.1. The van der Waals surface area contributed by atoms with Crippen LogP contribution in [-0.2, 0) is 17.8 Å². The second kappa shape index (κ2) is 6.86. The van der Waals surface area contributed by atoms with E-state index >= 15 is 0 Å². The molecule has 0 aliphatic rings. The molecule has 0 atom stereocenters. The molecule has 0 bridgehead atoms. The van der Waals surface area contributed by atoms with Crippen molar-refractivity contribution in [3.05, 3.63) is 48.0 Å². The summed E-state index contributed by atoms with van der Waals surface area (Å²) in [6, 6.07) is 8.44. The molecular weight excluding hydrogens is 212 g/mol. The second-order valence-electron chi connectivity index (χ2n) is 4.30. The Kier molecular flexibility index (Phi) is 5.43. The standard InChI is InChI=1S/C14H20N2O/c1-4-14(17)15-9-8-12-6-5-7-13(10-12)11-16(2)3/h4-7,10H,1,8-9,11H2,2-3H3,(H,15,17). The van der Waals surface area contributed by atoms with Gasteiger partial charge in [-0.1, -0.05) is 30.8 Å². The monoisotopic (exact) mass is 232 g/mol. The summed E-state index contributed by atoms with van der Waals surface area (Å²) in [7, 11) is 4.11. The third-order valence-electron chi connectivity index (χ3n) is 2.39. The number of rotatable bonds is 6. The van der Waals surface area contributed by atoms with Crippen molar-refractivity contribution in [3.63, 3.8) is 0 Å². The highest BCUT2D eigenvalue weighted by molar-refractivity contribution is 5.86. The van der Waals surface area contributed by atoms with Crippen molar-refractivity contribution in [3.8, 4) is 0 Å². The molecule has 3 heteroatoms. The van der Waals surface area contributed by atoms with Crippen LogP contribution in [0, 0.1) is 0 Å². The van der Waals surface area contributed by atoms with Crippen LogP contribution in [0.2, 0.25) is 0 Å². The average Bonchev–Trinajstić information content (AvgIpc) is 2.28. The molecule has 1 aromatic carbocycles. The largest absolute Gasteiger partial charge is 0.352 e. The molecule has 0 aliphatic carbocycles. The predicted octanol–water partition coefficient (Wildman–Crippen LogP) is 1.59. The fraction of sp³-hybridized carbons (Fsp3) is 0.357. The number of amides is 1. The lowest BCUT2D eigenvalue weighted by molar-refractivity contribution is -0.116. The summed E-state index contributed by atoms with van der Waals surface area (Å²) in [5.41, 5.74) is 2.54. The predicted molar refractivity (Wildman–Crippen MR) is 70.7 cm³/mol. The Labute approximate surface area is 103 Å². The number of nitrogens with one attached hydrogen (secondary N) is 1. The molecule has 1 N–H and O–H groups in total. The first-order valence-electron chi connectivity index (χ1n) is 5.74. The van der Waals surface area contributed by atoms with Crippen molar-refractivity contribution in [2.24, 2.45) is 0 Å². The van der Waals surface area contributed by atoms with Crippen LogP contribution in [0.4, 0.5) is 0 Å². The molecule has 1 amide bonds. The topological polar surface area (TPSA) is 32.3 Å². The van der Waals surface area contributed by atoms with E-state index in [1.54, 1.807) is 0 Å². The van der Waals surface area contributed by atoms with E-state index in [4.69, 9.17) is 0 Å². The molecule has 0 aliphatic heterocycles. The van der Waals surface area contributed by atoms with Crippen LogP contribution in [0.1, 0.15) is 11.1 Å². The maximum absolute atomic E-state index is 11.0. The van der Waals surface area contributed by atoms with Gasteiger partial charge < -0.3 is 10.2 Å². The van der Waals surface area contributed by atoms with Crippen molar-refractivity contribution in [2.75, 3.05) is 20.6 Å². The van der Waals surface area contributed by atoms with Gasteiger partial charge in [0.05, 0.1) is 0 Å². The van der Waals surface area contributed by atoms with Crippen LogP contribution in [0.15, 0.2) is 36.9 Å². The molecule has 0 spiro atoms. The van der Waals surface area contributed by atoms with Gasteiger partial charge >= 0.3 is 0 Å². The van der Waals surface area contributed by atoms with Gasteiger partial charge in [-0.15, -0.1) is 0 Å². The van der Waals surface area contributed by atoms with E-state index in [9.17, 15) is 4.79 Å². The van der Waals surface area contributed by atoms with E-state index < -0.39 is 0 Å². The van der Waals surface area contributed by atoms with Gasteiger partial charge in [0, 0.05) is 13.1 Å². The molecule has 0 saturated carbocycles. The summed E-state index contributed by atoms with van der Waals surface area (Å²) in [6.07, 6.45) is 2.14. The summed E-state index contributed by atoms with van der Waals surface area (Å²) in [5.74, 6) is -0.116. The maximum atomic E-state index is 11.0. The van der Waals surface area contributed by atoms with E-state index in [2.05, 4.69) is 55.2 Å². The molecular formula is C14H20N2O. The zero-order chi connectivity index (χ0) is 12.7. The third kappa shape index (κ3) is 5.31. The summed E-state index contributed by atoms with van der Waals surface area (Å²) < 4.78 is 0. The third-order valence-corrected chi connectivity index (χ3v) is 2.39. The molecule has 0 radical (unpaired) electrons. The zero-order valence-electron chi connectivity index (χ0n) is 10.6. The first-order valence-corrected chi connectivity index (χ1v) is 5.74. The van der Waals surface area contributed by atoms with Crippen LogP contribution in [0.25, 0.3) is 0 Å². The summed E-state index contributed by atoms with van der Waals surface area (Å²) in [5, 5.41) is 2.77. The molecule has 0 aromatic heterocycles. The zero-order valence-corrected chi connectivity index (χ0v) is 10.6. The Bertz CT molecular complexity index is 386. The number of hydrogen-bond acceptors (Lipinski definition) is 2. The van der Waals surface area contributed by atoms with Gasteiger partial charge in [0.1, 0.15) is 0 Å². The normalized spacial score (nSPS) is 10.3. The van der Waals surface area contributed by atoms with Crippen LogP contribution < -0.4 is 5.32 Å². The molecule has 0 saturated heterocycles. The highest BCUT2D eigenvalue weighted by Crippen LogP contribution is 2.07. The van der Waals surface area contributed by atoms with E-state index in [1.165, 1.54) is 17.2 Å². The molecule has 0 heterocycles. The molecule has 0 unspecified atom stereocenters. The van der Waals surface area contributed by atoms with Crippen molar-refractivity contribution in [2.45, 2.75) is 13.0 Å². The minimum absolute atomic E-state index is 0.116. The maximum Gasteiger partial charge on any atom is 0.243 e. The minimum atomic E-state index is -0.116. The lowest BCUT2D eigenvalue weighted by atomic mass is 10.1. The van der Waals surface area contributed by atoms with Crippen LogP contribution in [0.5, 0.6) is 0 Å². The van der Waals surface area contributed by atoms with Crippen LogP contribution >= 0.6 is 0 Å². The summed E-state index contributed by atoms with van der Waals surface area (Å²) in [6.45, 7) is 5.00. The molecule has 17 heavy (non-hydrogen) atoms. The minimum Gasteiger partial charge on any atom is -0.352 e. The first kappa shape index (κ1) is 13.5. The number of benzene rings is 1. The van der Waals surface area contributed by atoms with Crippen LogP contribution in [0.3, 0.4) is 0 Å². The second-order valence-corrected chi connectivity index (χ2v) is 4.30.